The van der Waals surface area contributed by atoms with Gasteiger partial charge >= 0.3 is 0 Å². The highest BCUT2D eigenvalue weighted by Crippen LogP contribution is 2.43. The van der Waals surface area contributed by atoms with Crippen LogP contribution in [0, 0.1) is 0 Å². The van der Waals surface area contributed by atoms with Crippen molar-refractivity contribution in [2.24, 2.45) is 0 Å². The maximum Gasteiger partial charge on any atom is 0.252 e. The molecule has 1 N–H and O–H groups in total. The van der Waals surface area contributed by atoms with Crippen molar-refractivity contribution < 1.29 is 9.90 Å². The van der Waals surface area contributed by atoms with Crippen LogP contribution in [0.15, 0.2) is 35.3 Å². The van der Waals surface area contributed by atoms with Crippen LogP contribution in [-0.4, -0.2) is 20.7 Å². The first-order chi connectivity index (χ1) is 12.3. The van der Waals surface area contributed by atoms with Crippen molar-refractivity contribution >= 4 is 5.78 Å². The van der Waals surface area contributed by atoms with E-state index in [4.69, 9.17) is 0 Å². The molecule has 0 aliphatic heterocycles. The number of ketones is 1. The minimum atomic E-state index is -0.698. The fourth-order valence-corrected chi connectivity index (χ4v) is 3.96. The lowest BCUT2D eigenvalue weighted by molar-refractivity contribution is 0.100. The number of rotatable bonds is 5. The zero-order chi connectivity index (χ0) is 18.9. The summed E-state index contributed by atoms with van der Waals surface area (Å²) in [5.41, 5.74) is 1.58. The summed E-state index contributed by atoms with van der Waals surface area (Å²) in [6.45, 7) is 6.20. The zero-order valence-corrected chi connectivity index (χ0v) is 15.7. The molecule has 5 nitrogen and oxygen atoms in total. The van der Waals surface area contributed by atoms with Crippen LogP contribution < -0.4 is 5.43 Å². The van der Waals surface area contributed by atoms with Crippen LogP contribution >= 0.6 is 0 Å². The molecule has 5 heteroatoms. The first kappa shape index (κ1) is 18.4. The number of aromatic hydroxyl groups is 1. The van der Waals surface area contributed by atoms with Crippen molar-refractivity contribution in [1.82, 2.24) is 9.78 Å². The monoisotopic (exact) mass is 354 g/mol. The Labute approximate surface area is 153 Å². The van der Waals surface area contributed by atoms with Crippen molar-refractivity contribution in [3.05, 3.63) is 57.5 Å². The van der Waals surface area contributed by atoms with E-state index in [9.17, 15) is 14.7 Å². The summed E-state index contributed by atoms with van der Waals surface area (Å²) in [7, 11) is 0. The topological polar surface area (TPSA) is 72.2 Å². The van der Waals surface area contributed by atoms with E-state index in [1.807, 2.05) is 0 Å². The Morgan fingerprint density at radius 3 is 2.62 bits per heavy atom. The summed E-state index contributed by atoms with van der Waals surface area (Å²) in [6, 6.07) is 8.67. The minimum Gasteiger partial charge on any atom is -0.503 e. The third-order valence-electron chi connectivity index (χ3n) is 5.47. The van der Waals surface area contributed by atoms with E-state index < -0.39 is 17.0 Å². The molecule has 0 spiro atoms. The van der Waals surface area contributed by atoms with Gasteiger partial charge in [-0.1, -0.05) is 51.0 Å². The second-order valence-corrected chi connectivity index (χ2v) is 7.71. The van der Waals surface area contributed by atoms with E-state index in [-0.39, 0.29) is 11.1 Å². The molecule has 0 bridgehead atoms. The summed E-state index contributed by atoms with van der Waals surface area (Å²) in [5.74, 6) is -0.400. The summed E-state index contributed by atoms with van der Waals surface area (Å²) in [5, 5.41) is 14.2. The van der Waals surface area contributed by atoms with Crippen molar-refractivity contribution in [3.8, 4) is 5.75 Å². The molecule has 0 radical (unpaired) electrons. The number of carbonyl (C=O) groups excluding carboxylic acids is 1. The minimum absolute atomic E-state index is 0.0898. The normalized spacial score (nSPS) is 16.2. The second-order valence-electron chi connectivity index (χ2n) is 7.71. The van der Waals surface area contributed by atoms with Crippen LogP contribution in [0.5, 0.6) is 5.75 Å². The van der Waals surface area contributed by atoms with E-state index in [1.165, 1.54) is 24.2 Å². The number of hydrogen-bond donors (Lipinski definition) is 1. The van der Waals surface area contributed by atoms with Crippen LogP contribution in [0.1, 0.15) is 74.0 Å². The quantitative estimate of drug-likeness (QED) is 0.829. The van der Waals surface area contributed by atoms with Crippen molar-refractivity contribution in [2.75, 3.05) is 0 Å². The molecule has 3 rings (SSSR count). The molecule has 0 unspecified atom stereocenters. The van der Waals surface area contributed by atoms with Crippen LogP contribution in [0.3, 0.4) is 0 Å². The third-order valence-corrected chi connectivity index (χ3v) is 5.47. The largest absolute Gasteiger partial charge is 0.503 e. The molecule has 0 amide bonds. The molecule has 138 valence electrons. The molecular weight excluding hydrogens is 328 g/mol. The predicted octanol–water partition coefficient (Wildman–Crippen LogP) is 3.79. The number of aromatic nitrogens is 2. The van der Waals surface area contributed by atoms with Gasteiger partial charge in [-0.25, -0.2) is 0 Å². The van der Waals surface area contributed by atoms with Gasteiger partial charge in [-0.05, 0) is 29.9 Å². The van der Waals surface area contributed by atoms with Gasteiger partial charge < -0.3 is 5.11 Å². The fraction of sp³-hybridized carbons (Fsp3) is 0.476. The Kier molecular flexibility index (Phi) is 4.99. The van der Waals surface area contributed by atoms with Crippen molar-refractivity contribution in [3.63, 3.8) is 0 Å². The molecule has 1 heterocycles. The summed E-state index contributed by atoms with van der Waals surface area (Å²) < 4.78 is 1.57. The van der Waals surface area contributed by atoms with Gasteiger partial charge in [0.05, 0.1) is 12.7 Å². The molecule has 1 aliphatic rings. The molecule has 1 saturated carbocycles. The van der Waals surface area contributed by atoms with E-state index in [0.29, 0.717) is 12.5 Å². The van der Waals surface area contributed by atoms with Crippen molar-refractivity contribution in [1.29, 1.82) is 0 Å². The SMILES string of the molecule is CC(=O)c1nn(CC2(c3cccc(C(C)C)c3)CCCC2)cc(O)c1=O. The van der Waals surface area contributed by atoms with E-state index in [0.717, 1.165) is 25.7 Å². The molecule has 0 saturated heterocycles. The Balaban J connectivity index is 2.04. The molecule has 26 heavy (non-hydrogen) atoms. The van der Waals surface area contributed by atoms with E-state index >= 15 is 0 Å². The van der Waals surface area contributed by atoms with Crippen LogP contribution in [0.25, 0.3) is 0 Å². The van der Waals surface area contributed by atoms with E-state index in [2.05, 4.69) is 43.2 Å². The van der Waals surface area contributed by atoms with Gasteiger partial charge in [-0.2, -0.15) is 5.10 Å². The third kappa shape index (κ3) is 3.43. The average molecular weight is 354 g/mol. The van der Waals surface area contributed by atoms with Crippen LogP contribution in [-0.2, 0) is 12.0 Å². The smallest absolute Gasteiger partial charge is 0.252 e. The summed E-state index contributed by atoms with van der Waals surface area (Å²) in [6.07, 6.45) is 5.67. The lowest BCUT2D eigenvalue weighted by Crippen LogP contribution is -2.31. The Hall–Kier alpha value is -2.43. The molecule has 2 aromatic rings. The lowest BCUT2D eigenvalue weighted by Gasteiger charge is -2.31. The fourth-order valence-electron chi connectivity index (χ4n) is 3.96. The highest BCUT2D eigenvalue weighted by atomic mass is 16.3. The lowest BCUT2D eigenvalue weighted by atomic mass is 9.77. The molecule has 1 fully saturated rings. The first-order valence-electron chi connectivity index (χ1n) is 9.24. The number of benzene rings is 1. The Morgan fingerprint density at radius 2 is 2.00 bits per heavy atom. The van der Waals surface area contributed by atoms with Gasteiger partial charge in [0.25, 0.3) is 5.43 Å². The molecular formula is C21H26N2O3. The number of carbonyl (C=O) groups is 1. The van der Waals surface area contributed by atoms with Gasteiger partial charge in [0, 0.05) is 12.3 Å². The molecule has 1 aromatic carbocycles. The standard InChI is InChI=1S/C21H26N2O3/c1-14(2)16-7-6-8-17(11-16)21(9-4-5-10-21)13-23-12-18(25)20(26)19(22-23)15(3)24/h6-8,11-12,14,25H,4-5,9-10,13H2,1-3H3. The van der Waals surface area contributed by atoms with E-state index in [1.54, 1.807) is 4.68 Å². The van der Waals surface area contributed by atoms with Crippen molar-refractivity contribution in [2.45, 2.75) is 64.3 Å². The maximum absolute atomic E-state index is 11.9. The van der Waals surface area contributed by atoms with Gasteiger partial charge in [-0.15, -0.1) is 0 Å². The van der Waals surface area contributed by atoms with Gasteiger partial charge in [0.15, 0.2) is 17.2 Å². The summed E-state index contributed by atoms with van der Waals surface area (Å²) in [4.78, 5) is 23.6. The molecule has 1 aromatic heterocycles. The van der Waals surface area contributed by atoms with Gasteiger partial charge in [0.1, 0.15) is 0 Å². The molecule has 1 aliphatic carbocycles. The summed E-state index contributed by atoms with van der Waals surface area (Å²) >= 11 is 0. The molecule has 0 atom stereocenters. The maximum atomic E-state index is 11.9. The Bertz CT molecular complexity index is 877. The first-order valence-corrected chi connectivity index (χ1v) is 9.24. The average Bonchev–Trinajstić information content (AvgIpc) is 3.07. The predicted molar refractivity (Wildman–Crippen MR) is 101 cm³/mol. The zero-order valence-electron chi connectivity index (χ0n) is 15.7. The van der Waals surface area contributed by atoms with Gasteiger partial charge in [-0.3, -0.25) is 14.3 Å². The van der Waals surface area contributed by atoms with Crippen LogP contribution in [0.4, 0.5) is 0 Å². The number of nitrogens with zero attached hydrogens (tertiary/aromatic N) is 2. The number of hydrogen-bond acceptors (Lipinski definition) is 4. The highest BCUT2D eigenvalue weighted by Gasteiger charge is 2.36. The second kappa shape index (κ2) is 7.06. The Morgan fingerprint density at radius 1 is 1.31 bits per heavy atom. The highest BCUT2D eigenvalue weighted by molar-refractivity contribution is 5.92. The number of Topliss-reactive ketones (excluding diaryl/α,β-unsaturated/α-hetero) is 1. The van der Waals surface area contributed by atoms with Crippen LogP contribution in [0.2, 0.25) is 0 Å². The van der Waals surface area contributed by atoms with Gasteiger partial charge in [0.2, 0.25) is 0 Å².